The number of benzene rings is 1. The lowest BCUT2D eigenvalue weighted by molar-refractivity contribution is -0.141. The van der Waals surface area contributed by atoms with E-state index in [1.807, 2.05) is 6.07 Å². The van der Waals surface area contributed by atoms with Gasteiger partial charge < -0.3 is 0 Å². The molecule has 5 heteroatoms. The monoisotopic (exact) mass is 320 g/mol. The fraction of sp³-hybridized carbons (Fsp3) is 0.357. The SMILES string of the molecule is CC1(C)CC(=O)N(Cc2ccc(C#N)cc2Br)C1=O. The number of nitrogens with zero attached hydrogens (tertiary/aromatic N) is 2. The van der Waals surface area contributed by atoms with E-state index in [2.05, 4.69) is 15.9 Å². The van der Waals surface area contributed by atoms with E-state index in [1.54, 1.807) is 32.0 Å². The number of carbonyl (C=O) groups excluding carboxylic acids is 2. The van der Waals surface area contributed by atoms with Gasteiger partial charge in [-0.1, -0.05) is 35.8 Å². The summed E-state index contributed by atoms with van der Waals surface area (Å²) in [5.41, 5.74) is 0.740. The zero-order valence-corrected chi connectivity index (χ0v) is 12.3. The number of halogens is 1. The number of nitriles is 1. The maximum atomic E-state index is 12.1. The molecule has 0 N–H and O–H groups in total. The van der Waals surface area contributed by atoms with Crippen molar-refractivity contribution in [1.82, 2.24) is 4.90 Å². The van der Waals surface area contributed by atoms with Crippen molar-refractivity contribution in [1.29, 1.82) is 5.26 Å². The summed E-state index contributed by atoms with van der Waals surface area (Å²) < 4.78 is 0.733. The van der Waals surface area contributed by atoms with Crippen molar-refractivity contribution in [3.8, 4) is 6.07 Å². The van der Waals surface area contributed by atoms with E-state index in [1.165, 1.54) is 4.90 Å². The molecule has 1 fully saturated rings. The van der Waals surface area contributed by atoms with E-state index in [-0.39, 0.29) is 24.8 Å². The van der Waals surface area contributed by atoms with E-state index >= 15 is 0 Å². The molecule has 2 rings (SSSR count). The molecule has 4 nitrogen and oxygen atoms in total. The molecule has 1 saturated heterocycles. The number of hydrogen-bond acceptors (Lipinski definition) is 3. The molecule has 0 radical (unpaired) electrons. The Balaban J connectivity index is 2.25. The maximum absolute atomic E-state index is 12.1. The lowest BCUT2D eigenvalue weighted by atomic mass is 9.92. The molecule has 0 aromatic heterocycles. The molecule has 1 aromatic rings. The van der Waals surface area contributed by atoms with Gasteiger partial charge in [0.05, 0.1) is 23.6 Å². The van der Waals surface area contributed by atoms with Crippen LogP contribution in [0.4, 0.5) is 0 Å². The van der Waals surface area contributed by atoms with Gasteiger partial charge in [0.15, 0.2) is 0 Å². The third-order valence-electron chi connectivity index (χ3n) is 3.23. The Labute approximate surface area is 120 Å². The molecular formula is C14H13BrN2O2. The predicted molar refractivity (Wildman–Crippen MR) is 72.8 cm³/mol. The van der Waals surface area contributed by atoms with Gasteiger partial charge in [-0.25, -0.2) is 0 Å². The molecule has 1 heterocycles. The largest absolute Gasteiger partial charge is 0.278 e. The lowest BCUT2D eigenvalue weighted by Crippen LogP contribution is -2.32. The summed E-state index contributed by atoms with van der Waals surface area (Å²) in [6.45, 7) is 3.80. The van der Waals surface area contributed by atoms with Gasteiger partial charge in [0.1, 0.15) is 0 Å². The Hall–Kier alpha value is -1.67. The number of carbonyl (C=O) groups is 2. The first-order valence-corrected chi connectivity index (χ1v) is 6.68. The Bertz CT molecular complexity index is 602. The second-order valence-electron chi connectivity index (χ2n) is 5.26. The van der Waals surface area contributed by atoms with Crippen LogP contribution in [0.1, 0.15) is 31.4 Å². The second-order valence-corrected chi connectivity index (χ2v) is 6.12. The first-order valence-electron chi connectivity index (χ1n) is 5.88. The van der Waals surface area contributed by atoms with Gasteiger partial charge in [-0.15, -0.1) is 0 Å². The van der Waals surface area contributed by atoms with Crippen molar-refractivity contribution in [2.75, 3.05) is 0 Å². The molecule has 98 valence electrons. The summed E-state index contributed by atoms with van der Waals surface area (Å²) in [6.07, 6.45) is 0.250. The van der Waals surface area contributed by atoms with Gasteiger partial charge in [-0.2, -0.15) is 5.26 Å². The zero-order valence-electron chi connectivity index (χ0n) is 10.7. The Morgan fingerprint density at radius 3 is 2.58 bits per heavy atom. The highest BCUT2D eigenvalue weighted by Gasteiger charge is 2.44. The summed E-state index contributed by atoms with van der Waals surface area (Å²) in [6, 6.07) is 7.16. The number of imide groups is 1. The summed E-state index contributed by atoms with van der Waals surface area (Å²) in [5, 5.41) is 8.80. The Kier molecular flexibility index (Phi) is 3.46. The molecule has 1 aliphatic heterocycles. The molecule has 1 aromatic carbocycles. The molecule has 0 atom stereocenters. The van der Waals surface area contributed by atoms with Gasteiger partial charge in [-0.3, -0.25) is 14.5 Å². The average molecular weight is 321 g/mol. The van der Waals surface area contributed by atoms with E-state index in [0.29, 0.717) is 5.56 Å². The van der Waals surface area contributed by atoms with Gasteiger partial charge in [0, 0.05) is 10.9 Å². The summed E-state index contributed by atoms with van der Waals surface area (Å²) in [5.74, 6) is -0.292. The van der Waals surface area contributed by atoms with Crippen molar-refractivity contribution < 1.29 is 9.59 Å². The fourth-order valence-corrected chi connectivity index (χ4v) is 2.61. The normalized spacial score (nSPS) is 17.7. The van der Waals surface area contributed by atoms with Crippen molar-refractivity contribution in [2.24, 2.45) is 5.41 Å². The Morgan fingerprint density at radius 1 is 1.42 bits per heavy atom. The minimum absolute atomic E-state index is 0.145. The van der Waals surface area contributed by atoms with Gasteiger partial charge in [-0.05, 0) is 17.7 Å². The topological polar surface area (TPSA) is 61.2 Å². The lowest BCUT2D eigenvalue weighted by Gasteiger charge is -2.18. The molecular weight excluding hydrogens is 308 g/mol. The molecule has 0 aliphatic carbocycles. The summed E-state index contributed by atoms with van der Waals surface area (Å²) >= 11 is 3.36. The van der Waals surface area contributed by atoms with Crippen LogP contribution in [0.3, 0.4) is 0 Å². The van der Waals surface area contributed by atoms with Crippen molar-refractivity contribution in [3.05, 3.63) is 33.8 Å². The van der Waals surface area contributed by atoms with Crippen LogP contribution in [0, 0.1) is 16.7 Å². The van der Waals surface area contributed by atoms with E-state index in [0.717, 1.165) is 10.0 Å². The maximum Gasteiger partial charge on any atom is 0.235 e. The van der Waals surface area contributed by atoms with Crippen LogP contribution < -0.4 is 0 Å². The van der Waals surface area contributed by atoms with Gasteiger partial charge in [0.2, 0.25) is 11.8 Å². The average Bonchev–Trinajstić information content (AvgIpc) is 2.53. The van der Waals surface area contributed by atoms with Gasteiger partial charge in [0.25, 0.3) is 0 Å². The van der Waals surface area contributed by atoms with Crippen molar-refractivity contribution in [3.63, 3.8) is 0 Å². The number of amides is 2. The first-order chi connectivity index (χ1) is 8.85. The Morgan fingerprint density at radius 2 is 2.11 bits per heavy atom. The van der Waals surface area contributed by atoms with E-state index < -0.39 is 5.41 Å². The number of hydrogen-bond donors (Lipinski definition) is 0. The summed E-state index contributed by atoms with van der Waals surface area (Å²) in [7, 11) is 0. The van der Waals surface area contributed by atoms with Gasteiger partial charge >= 0.3 is 0 Å². The molecule has 2 amide bonds. The van der Waals surface area contributed by atoms with Crippen LogP contribution >= 0.6 is 15.9 Å². The van der Waals surface area contributed by atoms with Crippen LogP contribution in [0.2, 0.25) is 0 Å². The number of likely N-dealkylation sites (tertiary alicyclic amines) is 1. The quantitative estimate of drug-likeness (QED) is 0.787. The molecule has 0 unspecified atom stereocenters. The van der Waals surface area contributed by atoms with Crippen LogP contribution in [0.25, 0.3) is 0 Å². The minimum atomic E-state index is -0.615. The van der Waals surface area contributed by atoms with E-state index in [4.69, 9.17) is 5.26 Å². The fourth-order valence-electron chi connectivity index (χ4n) is 2.10. The van der Waals surface area contributed by atoms with E-state index in [9.17, 15) is 9.59 Å². The van der Waals surface area contributed by atoms with Crippen LogP contribution in [0.15, 0.2) is 22.7 Å². The third kappa shape index (κ3) is 2.54. The second kappa shape index (κ2) is 4.78. The molecule has 1 aliphatic rings. The zero-order chi connectivity index (χ0) is 14.2. The highest BCUT2D eigenvalue weighted by Crippen LogP contribution is 2.33. The minimum Gasteiger partial charge on any atom is -0.278 e. The van der Waals surface area contributed by atoms with Crippen LogP contribution in [-0.2, 0) is 16.1 Å². The predicted octanol–water partition coefficient (Wildman–Crippen LogP) is 2.61. The third-order valence-corrected chi connectivity index (χ3v) is 3.97. The number of rotatable bonds is 2. The molecule has 19 heavy (non-hydrogen) atoms. The highest BCUT2D eigenvalue weighted by atomic mass is 79.9. The smallest absolute Gasteiger partial charge is 0.235 e. The highest BCUT2D eigenvalue weighted by molar-refractivity contribution is 9.10. The molecule has 0 saturated carbocycles. The first kappa shape index (κ1) is 13.8. The standard InChI is InChI=1S/C14H13BrN2O2/c1-14(2)6-12(18)17(13(14)19)8-10-4-3-9(7-16)5-11(10)15/h3-5H,6,8H2,1-2H3. The van der Waals surface area contributed by atoms with Crippen LogP contribution in [-0.4, -0.2) is 16.7 Å². The van der Waals surface area contributed by atoms with Crippen molar-refractivity contribution in [2.45, 2.75) is 26.8 Å². The summed E-state index contributed by atoms with van der Waals surface area (Å²) in [4.78, 5) is 25.3. The molecule has 0 bridgehead atoms. The molecule has 0 spiro atoms. The van der Waals surface area contributed by atoms with Crippen molar-refractivity contribution >= 4 is 27.7 Å². The van der Waals surface area contributed by atoms with Crippen LogP contribution in [0.5, 0.6) is 0 Å².